The summed E-state index contributed by atoms with van der Waals surface area (Å²) in [6.07, 6.45) is 5.77. The minimum absolute atomic E-state index is 0.105. The van der Waals surface area contributed by atoms with Crippen LogP contribution in [0.4, 0.5) is 5.95 Å². The number of methoxy groups -OCH3 is 2. The molecule has 5 rings (SSSR count). The number of aryl methyl sites for hydroxylation is 1. The number of anilines is 1. The van der Waals surface area contributed by atoms with Crippen molar-refractivity contribution in [3.8, 4) is 17.4 Å². The van der Waals surface area contributed by atoms with E-state index < -0.39 is 21.4 Å². The van der Waals surface area contributed by atoms with E-state index in [0.29, 0.717) is 30.4 Å². The molecule has 5 heterocycles. The van der Waals surface area contributed by atoms with Gasteiger partial charge in [-0.15, -0.1) is 10.2 Å². The lowest BCUT2D eigenvalue weighted by Gasteiger charge is -2.35. The van der Waals surface area contributed by atoms with Crippen LogP contribution in [0.25, 0.3) is 11.5 Å². The Balaban J connectivity index is 1.51. The van der Waals surface area contributed by atoms with Gasteiger partial charge in [-0.3, -0.25) is 9.29 Å². The van der Waals surface area contributed by atoms with Crippen LogP contribution in [0, 0.1) is 6.92 Å². The standard InChI is InChI=1S/C24H31N7O5S/c1-14-12-25-22(26-13-14)21(35-4)15(2)37(32,33)30-24-29-28-23-20-16(8-9-19(27-20)34-3)11-17(31(23)24)18-7-5-6-10-36-18/h8-9,12-13,15,17-18,21H,5-7,10-11H2,1-4H3,(H,29,30)/t15-,17-,18+,21-/m0/s1. The number of pyridine rings is 1. The molecular weight excluding hydrogens is 498 g/mol. The average molecular weight is 530 g/mol. The Labute approximate surface area is 215 Å². The molecule has 0 spiro atoms. The molecule has 0 bridgehead atoms. The normalized spacial score (nSPS) is 21.0. The molecule has 0 unspecified atom stereocenters. The van der Waals surface area contributed by atoms with Crippen LogP contribution in [0.15, 0.2) is 24.5 Å². The van der Waals surface area contributed by atoms with E-state index in [0.717, 1.165) is 30.4 Å². The van der Waals surface area contributed by atoms with E-state index in [1.165, 1.54) is 7.11 Å². The molecule has 0 saturated carbocycles. The van der Waals surface area contributed by atoms with Crippen molar-refractivity contribution in [2.24, 2.45) is 0 Å². The van der Waals surface area contributed by atoms with Crippen LogP contribution in [-0.2, 0) is 25.9 Å². The average Bonchev–Trinajstić information content (AvgIpc) is 3.33. The molecular formula is C24H31N7O5S. The second-order valence-electron chi connectivity index (χ2n) is 9.38. The van der Waals surface area contributed by atoms with Gasteiger partial charge < -0.3 is 14.2 Å². The second-order valence-corrected chi connectivity index (χ2v) is 11.4. The number of aromatic nitrogens is 6. The first-order valence-electron chi connectivity index (χ1n) is 12.3. The van der Waals surface area contributed by atoms with Crippen molar-refractivity contribution in [2.45, 2.75) is 63.0 Å². The van der Waals surface area contributed by atoms with Crippen LogP contribution >= 0.6 is 0 Å². The van der Waals surface area contributed by atoms with Crippen LogP contribution in [0.3, 0.4) is 0 Å². The zero-order valence-corrected chi connectivity index (χ0v) is 22.1. The van der Waals surface area contributed by atoms with E-state index in [1.807, 2.05) is 19.1 Å². The molecule has 1 N–H and O–H groups in total. The van der Waals surface area contributed by atoms with Gasteiger partial charge in [0, 0.05) is 32.2 Å². The fourth-order valence-electron chi connectivity index (χ4n) is 4.90. The van der Waals surface area contributed by atoms with Gasteiger partial charge in [-0.25, -0.2) is 23.4 Å². The van der Waals surface area contributed by atoms with E-state index in [2.05, 4.69) is 29.9 Å². The van der Waals surface area contributed by atoms with Gasteiger partial charge in [-0.2, -0.15) is 0 Å². The van der Waals surface area contributed by atoms with Crippen molar-refractivity contribution in [3.05, 3.63) is 41.5 Å². The monoisotopic (exact) mass is 529 g/mol. The van der Waals surface area contributed by atoms with Gasteiger partial charge in [0.05, 0.1) is 19.3 Å². The van der Waals surface area contributed by atoms with E-state index >= 15 is 0 Å². The highest BCUT2D eigenvalue weighted by atomic mass is 32.2. The molecule has 4 atom stereocenters. The van der Waals surface area contributed by atoms with E-state index in [1.54, 1.807) is 31.0 Å². The maximum absolute atomic E-state index is 13.6. The lowest BCUT2D eigenvalue weighted by Crippen LogP contribution is -2.37. The lowest BCUT2D eigenvalue weighted by molar-refractivity contribution is -0.0166. The first kappa shape index (κ1) is 25.5. The van der Waals surface area contributed by atoms with Crippen LogP contribution < -0.4 is 9.46 Å². The minimum Gasteiger partial charge on any atom is -0.481 e. The molecule has 13 heteroatoms. The van der Waals surface area contributed by atoms with Gasteiger partial charge >= 0.3 is 0 Å². The Morgan fingerprint density at radius 1 is 1.16 bits per heavy atom. The number of fused-ring (bicyclic) bond motifs is 3. The quantitative estimate of drug-likeness (QED) is 0.462. The number of nitrogens with zero attached hydrogens (tertiary/aromatic N) is 6. The maximum atomic E-state index is 13.6. The van der Waals surface area contributed by atoms with E-state index in [-0.39, 0.29) is 23.9 Å². The summed E-state index contributed by atoms with van der Waals surface area (Å²) in [6, 6.07) is 3.58. The number of hydrogen-bond donors (Lipinski definition) is 1. The molecule has 0 radical (unpaired) electrons. The van der Waals surface area contributed by atoms with Crippen molar-refractivity contribution in [3.63, 3.8) is 0 Å². The number of ether oxygens (including phenoxy) is 3. The topological polar surface area (TPSA) is 143 Å². The molecule has 37 heavy (non-hydrogen) atoms. The van der Waals surface area contributed by atoms with Crippen molar-refractivity contribution >= 4 is 16.0 Å². The summed E-state index contributed by atoms with van der Waals surface area (Å²) in [7, 11) is -1.01. The summed E-state index contributed by atoms with van der Waals surface area (Å²) >= 11 is 0. The summed E-state index contributed by atoms with van der Waals surface area (Å²) in [5.74, 6) is 1.30. The smallest absolute Gasteiger partial charge is 0.240 e. The van der Waals surface area contributed by atoms with Gasteiger partial charge in [0.25, 0.3) is 0 Å². The molecule has 12 nitrogen and oxygen atoms in total. The van der Waals surface area contributed by atoms with Crippen LogP contribution in [0.1, 0.15) is 55.3 Å². The fraction of sp³-hybridized carbons (Fsp3) is 0.542. The Morgan fingerprint density at radius 3 is 2.62 bits per heavy atom. The van der Waals surface area contributed by atoms with Gasteiger partial charge in [0.1, 0.15) is 17.0 Å². The third-order valence-electron chi connectivity index (χ3n) is 6.93. The summed E-state index contributed by atoms with van der Waals surface area (Å²) in [6.45, 7) is 4.07. The van der Waals surface area contributed by atoms with E-state index in [4.69, 9.17) is 14.2 Å². The van der Waals surface area contributed by atoms with Crippen LogP contribution in [0.5, 0.6) is 5.88 Å². The van der Waals surface area contributed by atoms with E-state index in [9.17, 15) is 8.42 Å². The fourth-order valence-corrected chi connectivity index (χ4v) is 6.04. The first-order valence-corrected chi connectivity index (χ1v) is 13.8. The van der Waals surface area contributed by atoms with Gasteiger partial charge in [-0.05, 0) is 50.7 Å². The minimum atomic E-state index is -3.99. The molecule has 3 aromatic heterocycles. The zero-order valence-electron chi connectivity index (χ0n) is 21.3. The van der Waals surface area contributed by atoms with Crippen LogP contribution in [0.2, 0.25) is 0 Å². The summed E-state index contributed by atoms with van der Waals surface area (Å²) in [5, 5.41) is 7.58. The summed E-state index contributed by atoms with van der Waals surface area (Å²) < 4.78 is 48.5. The predicted molar refractivity (Wildman–Crippen MR) is 135 cm³/mol. The highest BCUT2D eigenvalue weighted by Crippen LogP contribution is 2.40. The number of rotatable bonds is 8. The zero-order chi connectivity index (χ0) is 26.2. The summed E-state index contributed by atoms with van der Waals surface area (Å²) in [5.41, 5.74) is 2.46. The van der Waals surface area contributed by atoms with Crippen LogP contribution in [-0.4, -0.2) is 70.3 Å². The van der Waals surface area contributed by atoms with Crippen molar-refractivity contribution in [2.75, 3.05) is 25.5 Å². The highest BCUT2D eigenvalue weighted by Gasteiger charge is 2.39. The lowest BCUT2D eigenvalue weighted by atomic mass is 9.92. The largest absolute Gasteiger partial charge is 0.481 e. The van der Waals surface area contributed by atoms with Gasteiger partial charge in [0.2, 0.25) is 21.9 Å². The molecule has 0 aromatic carbocycles. The van der Waals surface area contributed by atoms with Gasteiger partial charge in [0.15, 0.2) is 11.6 Å². The molecule has 2 aliphatic heterocycles. The number of hydrogen-bond acceptors (Lipinski definition) is 10. The molecule has 0 amide bonds. The SMILES string of the molecule is COc1ccc2c(n1)-c1nnc(NS(=O)(=O)[C@@H](C)[C@H](OC)c3ncc(C)cn3)n1[C@H]([C@H]1CCCCO1)C2. The maximum Gasteiger partial charge on any atom is 0.240 e. The Hall–Kier alpha value is -3.16. The number of nitrogens with one attached hydrogen (secondary N) is 1. The highest BCUT2D eigenvalue weighted by molar-refractivity contribution is 7.93. The first-order chi connectivity index (χ1) is 17.8. The molecule has 2 aliphatic rings. The third-order valence-corrected chi connectivity index (χ3v) is 8.63. The second kappa shape index (κ2) is 10.3. The molecule has 3 aromatic rings. The molecule has 198 valence electrons. The van der Waals surface area contributed by atoms with Gasteiger partial charge in [-0.1, -0.05) is 6.07 Å². The van der Waals surface area contributed by atoms with Crippen molar-refractivity contribution in [1.29, 1.82) is 0 Å². The molecule has 0 aliphatic carbocycles. The predicted octanol–water partition coefficient (Wildman–Crippen LogP) is 2.63. The Bertz CT molecular complexity index is 1360. The number of sulfonamides is 1. The van der Waals surface area contributed by atoms with Crippen molar-refractivity contribution in [1.82, 2.24) is 29.7 Å². The summed E-state index contributed by atoms with van der Waals surface area (Å²) in [4.78, 5) is 13.1. The molecule has 1 saturated heterocycles. The third kappa shape index (κ3) is 4.90. The molecule has 1 fully saturated rings. The Kier molecular flexibility index (Phi) is 7.10. The van der Waals surface area contributed by atoms with Crippen molar-refractivity contribution < 1.29 is 22.6 Å². The Morgan fingerprint density at radius 2 is 1.95 bits per heavy atom.